The molecule has 0 saturated heterocycles. The van der Waals surface area contributed by atoms with Gasteiger partial charge in [0.1, 0.15) is 18.1 Å². The zero-order valence-electron chi connectivity index (χ0n) is 16.3. The number of benzene rings is 2. The van der Waals surface area contributed by atoms with Crippen molar-refractivity contribution in [1.29, 1.82) is 0 Å². The van der Waals surface area contributed by atoms with Gasteiger partial charge in [0.15, 0.2) is 9.84 Å². The Kier molecular flexibility index (Phi) is 7.69. The fourth-order valence-electron chi connectivity index (χ4n) is 2.64. The second-order valence-electron chi connectivity index (χ2n) is 5.84. The van der Waals surface area contributed by atoms with Gasteiger partial charge in [-0.15, -0.1) is 0 Å². The van der Waals surface area contributed by atoms with Crippen LogP contribution in [-0.2, 0) is 14.6 Å². The molecule has 0 N–H and O–H groups in total. The number of sulfone groups is 1. The molecule has 0 fully saturated rings. The highest BCUT2D eigenvalue weighted by molar-refractivity contribution is 7.91. The molecule has 0 saturated carbocycles. The van der Waals surface area contributed by atoms with E-state index in [1.807, 2.05) is 18.7 Å². The molecule has 152 valence electrons. The lowest BCUT2D eigenvalue weighted by Gasteiger charge is -2.24. The van der Waals surface area contributed by atoms with Crippen molar-refractivity contribution in [2.45, 2.75) is 18.7 Å². The van der Waals surface area contributed by atoms with Crippen molar-refractivity contribution in [1.82, 2.24) is 0 Å². The van der Waals surface area contributed by atoms with E-state index < -0.39 is 16.0 Å². The lowest BCUT2D eigenvalue weighted by molar-refractivity contribution is 0.105. The van der Waals surface area contributed by atoms with E-state index >= 15 is 0 Å². The van der Waals surface area contributed by atoms with Gasteiger partial charge >= 0.3 is 6.16 Å². The molecular formula is C20H25NO6S. The van der Waals surface area contributed by atoms with E-state index in [-0.39, 0.29) is 17.3 Å². The van der Waals surface area contributed by atoms with Gasteiger partial charge in [-0.2, -0.15) is 0 Å². The zero-order valence-corrected chi connectivity index (χ0v) is 17.1. The number of para-hydroxylation sites is 1. The van der Waals surface area contributed by atoms with E-state index in [1.165, 1.54) is 6.07 Å². The van der Waals surface area contributed by atoms with Crippen LogP contribution in [0.3, 0.4) is 0 Å². The van der Waals surface area contributed by atoms with Gasteiger partial charge in [0, 0.05) is 13.1 Å². The Hall–Kier alpha value is -2.74. The summed E-state index contributed by atoms with van der Waals surface area (Å²) in [5.74, 6) is 0.584. The second-order valence-corrected chi connectivity index (χ2v) is 7.95. The summed E-state index contributed by atoms with van der Waals surface area (Å²) in [5.41, 5.74) is 0.706. The first-order valence-corrected chi connectivity index (χ1v) is 10.6. The number of hydrogen-bond donors (Lipinski definition) is 0. The maximum atomic E-state index is 12.6. The Balaban J connectivity index is 2.04. The van der Waals surface area contributed by atoms with Crippen molar-refractivity contribution in [3.05, 3.63) is 48.5 Å². The summed E-state index contributed by atoms with van der Waals surface area (Å²) >= 11 is 0. The van der Waals surface area contributed by atoms with Gasteiger partial charge in [0.05, 0.1) is 23.4 Å². The van der Waals surface area contributed by atoms with E-state index in [2.05, 4.69) is 0 Å². The van der Waals surface area contributed by atoms with Crippen LogP contribution >= 0.6 is 0 Å². The number of nitrogens with zero attached hydrogens (tertiary/aromatic N) is 1. The molecule has 0 bridgehead atoms. The molecule has 0 radical (unpaired) electrons. The molecule has 0 heterocycles. The molecule has 0 atom stereocenters. The monoisotopic (exact) mass is 407 g/mol. The van der Waals surface area contributed by atoms with Crippen LogP contribution in [0.15, 0.2) is 53.4 Å². The number of carbonyl (C=O) groups excluding carboxylic acids is 1. The number of carbonyl (C=O) groups is 1. The zero-order chi connectivity index (χ0) is 20.6. The van der Waals surface area contributed by atoms with Gasteiger partial charge in [0.2, 0.25) is 0 Å². The van der Waals surface area contributed by atoms with E-state index in [0.29, 0.717) is 30.3 Å². The predicted molar refractivity (Wildman–Crippen MR) is 107 cm³/mol. The van der Waals surface area contributed by atoms with Crippen LogP contribution in [0.4, 0.5) is 10.5 Å². The molecule has 0 aliphatic heterocycles. The molecule has 0 amide bonds. The molecule has 0 unspecified atom stereocenters. The summed E-state index contributed by atoms with van der Waals surface area (Å²) in [6, 6.07) is 13.1. The van der Waals surface area contributed by atoms with Crippen LogP contribution in [0, 0.1) is 0 Å². The third kappa shape index (κ3) is 5.63. The lowest BCUT2D eigenvalue weighted by Crippen LogP contribution is -2.23. The number of ether oxygens (including phenoxy) is 3. The minimum absolute atomic E-state index is 0.148. The largest absolute Gasteiger partial charge is 0.513 e. The molecule has 28 heavy (non-hydrogen) atoms. The molecule has 8 heteroatoms. The van der Waals surface area contributed by atoms with Crippen molar-refractivity contribution in [2.24, 2.45) is 0 Å². The topological polar surface area (TPSA) is 82.1 Å². The first-order valence-electron chi connectivity index (χ1n) is 8.96. The van der Waals surface area contributed by atoms with Gasteiger partial charge in [-0.1, -0.05) is 18.2 Å². The van der Waals surface area contributed by atoms with Crippen molar-refractivity contribution in [3.63, 3.8) is 0 Å². The minimum atomic E-state index is -3.64. The van der Waals surface area contributed by atoms with Gasteiger partial charge < -0.3 is 19.1 Å². The van der Waals surface area contributed by atoms with E-state index in [4.69, 9.17) is 14.2 Å². The van der Waals surface area contributed by atoms with Gasteiger partial charge in [-0.3, -0.25) is 0 Å². The summed E-state index contributed by atoms with van der Waals surface area (Å²) in [4.78, 5) is 13.8. The quantitative estimate of drug-likeness (QED) is 0.464. The Bertz CT molecular complexity index is 879. The minimum Gasteiger partial charge on any atom is -0.495 e. The Morgan fingerprint density at radius 1 is 1.04 bits per heavy atom. The molecule has 2 rings (SSSR count). The van der Waals surface area contributed by atoms with Gasteiger partial charge in [-0.25, -0.2) is 13.2 Å². The number of hydrogen-bond acceptors (Lipinski definition) is 7. The van der Waals surface area contributed by atoms with Crippen LogP contribution in [0.2, 0.25) is 0 Å². The van der Waals surface area contributed by atoms with Crippen LogP contribution in [0.5, 0.6) is 11.5 Å². The number of rotatable bonds is 9. The first-order chi connectivity index (χ1) is 13.4. The van der Waals surface area contributed by atoms with Crippen LogP contribution in [0.25, 0.3) is 0 Å². The SMILES string of the molecule is CCN(CC)c1cc(S(=O)(=O)CCOC(=O)Oc2ccccc2)ccc1OC. The van der Waals surface area contributed by atoms with Crippen molar-refractivity contribution in [3.8, 4) is 11.5 Å². The molecule has 0 aliphatic rings. The van der Waals surface area contributed by atoms with Crippen molar-refractivity contribution < 1.29 is 27.4 Å². The summed E-state index contributed by atoms with van der Waals surface area (Å²) in [7, 11) is -2.10. The molecule has 0 aliphatic carbocycles. The summed E-state index contributed by atoms with van der Waals surface area (Å²) in [6.45, 7) is 5.09. The average Bonchev–Trinajstić information content (AvgIpc) is 2.69. The number of methoxy groups -OCH3 is 1. The van der Waals surface area contributed by atoms with E-state index in [9.17, 15) is 13.2 Å². The van der Waals surface area contributed by atoms with Gasteiger partial charge in [-0.05, 0) is 44.2 Å². The highest BCUT2D eigenvalue weighted by Gasteiger charge is 2.20. The highest BCUT2D eigenvalue weighted by atomic mass is 32.2. The molecule has 0 aromatic heterocycles. The number of anilines is 1. The Morgan fingerprint density at radius 2 is 1.71 bits per heavy atom. The Morgan fingerprint density at radius 3 is 2.32 bits per heavy atom. The standard InChI is InChI=1S/C20H25NO6S/c1-4-21(5-2)18-15-17(11-12-19(18)25-3)28(23,24)14-13-26-20(22)27-16-9-7-6-8-10-16/h6-12,15H,4-5,13-14H2,1-3H3. The van der Waals surface area contributed by atoms with Gasteiger partial charge in [0.25, 0.3) is 0 Å². The summed E-state index contributed by atoms with van der Waals surface area (Å²) < 4.78 is 40.5. The molecule has 0 spiro atoms. The summed E-state index contributed by atoms with van der Waals surface area (Å²) in [5, 5.41) is 0. The summed E-state index contributed by atoms with van der Waals surface area (Å²) in [6.07, 6.45) is -0.944. The van der Waals surface area contributed by atoms with Crippen LogP contribution in [0.1, 0.15) is 13.8 Å². The van der Waals surface area contributed by atoms with E-state index in [0.717, 1.165) is 0 Å². The normalized spacial score (nSPS) is 11.0. The fraction of sp³-hybridized carbons (Fsp3) is 0.350. The second kappa shape index (κ2) is 9.98. The fourth-order valence-corrected chi connectivity index (χ4v) is 3.75. The molecular weight excluding hydrogens is 382 g/mol. The average molecular weight is 407 g/mol. The maximum absolute atomic E-state index is 12.6. The predicted octanol–water partition coefficient (Wildman–Crippen LogP) is 3.53. The highest BCUT2D eigenvalue weighted by Crippen LogP contribution is 2.31. The molecule has 2 aromatic rings. The lowest BCUT2D eigenvalue weighted by atomic mass is 10.2. The first kappa shape index (κ1) is 21.6. The van der Waals surface area contributed by atoms with Crippen LogP contribution < -0.4 is 14.4 Å². The molecule has 2 aromatic carbocycles. The van der Waals surface area contributed by atoms with Crippen LogP contribution in [-0.4, -0.2) is 47.1 Å². The van der Waals surface area contributed by atoms with E-state index in [1.54, 1.807) is 49.6 Å². The third-order valence-corrected chi connectivity index (χ3v) is 5.81. The maximum Gasteiger partial charge on any atom is 0.513 e. The van der Waals surface area contributed by atoms with Crippen molar-refractivity contribution in [2.75, 3.05) is 37.5 Å². The van der Waals surface area contributed by atoms with Crippen molar-refractivity contribution >= 4 is 21.7 Å². The molecule has 7 nitrogen and oxygen atoms in total. The Labute approximate surface area is 165 Å². The third-order valence-electron chi connectivity index (χ3n) is 4.13. The smallest absolute Gasteiger partial charge is 0.495 e.